The Balaban J connectivity index is 2.05. The second-order valence-electron chi connectivity index (χ2n) is 6.62. The quantitative estimate of drug-likeness (QED) is 0.739. The highest BCUT2D eigenvalue weighted by atomic mass is 16.5. The fourth-order valence-electron chi connectivity index (χ4n) is 2.52. The van der Waals surface area contributed by atoms with Crippen molar-refractivity contribution in [2.75, 3.05) is 27.2 Å². The Hall–Kier alpha value is -2.33. The van der Waals surface area contributed by atoms with Gasteiger partial charge in [0.15, 0.2) is 6.10 Å². The van der Waals surface area contributed by atoms with E-state index in [9.17, 15) is 4.79 Å². The number of aryl methyl sites for hydroxylation is 1. The first-order valence-corrected chi connectivity index (χ1v) is 8.66. The minimum atomic E-state index is -0.520. The van der Waals surface area contributed by atoms with Crippen molar-refractivity contribution < 1.29 is 9.53 Å². The lowest BCUT2D eigenvalue weighted by Gasteiger charge is -2.27. The molecule has 0 aliphatic heterocycles. The fourth-order valence-corrected chi connectivity index (χ4v) is 2.52. The normalized spacial score (nSPS) is 12.0. The van der Waals surface area contributed by atoms with E-state index in [4.69, 9.17) is 4.74 Å². The van der Waals surface area contributed by atoms with Crippen LogP contribution in [0.15, 0.2) is 54.6 Å². The number of likely N-dealkylation sites (N-methyl/N-ethyl adjacent to an activating group) is 1. The zero-order valence-corrected chi connectivity index (χ0v) is 15.6. The molecular formula is C21H28N2O2. The zero-order valence-electron chi connectivity index (χ0n) is 15.6. The van der Waals surface area contributed by atoms with Gasteiger partial charge in [0.25, 0.3) is 5.91 Å². The van der Waals surface area contributed by atoms with E-state index >= 15 is 0 Å². The number of hydrogen-bond donors (Lipinski definition) is 0. The van der Waals surface area contributed by atoms with Crippen LogP contribution in [-0.4, -0.2) is 49.0 Å². The first-order chi connectivity index (χ1) is 12.0. The minimum absolute atomic E-state index is 0.00581. The molecule has 0 N–H and O–H groups in total. The highest BCUT2D eigenvalue weighted by Gasteiger charge is 2.22. The molecule has 0 radical (unpaired) electrons. The van der Waals surface area contributed by atoms with Crippen LogP contribution in [0.3, 0.4) is 0 Å². The van der Waals surface area contributed by atoms with Crippen molar-refractivity contribution >= 4 is 5.91 Å². The summed E-state index contributed by atoms with van der Waals surface area (Å²) in [5, 5.41) is 0. The molecule has 134 valence electrons. The largest absolute Gasteiger partial charge is 0.481 e. The summed E-state index contributed by atoms with van der Waals surface area (Å²) in [5.74, 6) is 0.727. The average Bonchev–Trinajstić information content (AvgIpc) is 2.60. The lowest BCUT2D eigenvalue weighted by Crippen LogP contribution is -2.43. The molecule has 2 rings (SSSR count). The topological polar surface area (TPSA) is 32.8 Å². The van der Waals surface area contributed by atoms with Gasteiger partial charge in [-0.3, -0.25) is 4.79 Å². The maximum Gasteiger partial charge on any atom is 0.263 e. The summed E-state index contributed by atoms with van der Waals surface area (Å²) in [5.41, 5.74) is 2.29. The monoisotopic (exact) mass is 340 g/mol. The molecule has 25 heavy (non-hydrogen) atoms. The molecule has 0 aliphatic rings. The molecule has 2 aromatic carbocycles. The molecule has 0 bridgehead atoms. The lowest BCUT2D eigenvalue weighted by molar-refractivity contribution is -0.138. The number of benzene rings is 2. The summed E-state index contributed by atoms with van der Waals surface area (Å²) >= 11 is 0. The van der Waals surface area contributed by atoms with Crippen LogP contribution >= 0.6 is 0 Å². The zero-order chi connectivity index (χ0) is 18.2. The van der Waals surface area contributed by atoms with Crippen molar-refractivity contribution in [3.63, 3.8) is 0 Å². The van der Waals surface area contributed by atoms with Crippen molar-refractivity contribution in [1.82, 2.24) is 9.80 Å². The van der Waals surface area contributed by atoms with Crippen molar-refractivity contribution in [3.05, 3.63) is 65.7 Å². The SMILES string of the molecule is Cc1ccc(OC(C)C(=O)N(CCN(C)C)Cc2ccccc2)cc1. The van der Waals surface area contributed by atoms with E-state index in [1.165, 1.54) is 5.56 Å². The van der Waals surface area contributed by atoms with Crippen molar-refractivity contribution in [2.24, 2.45) is 0 Å². The van der Waals surface area contributed by atoms with Crippen molar-refractivity contribution in [3.8, 4) is 5.75 Å². The Kier molecular flexibility index (Phi) is 7.02. The predicted octanol–water partition coefficient (Wildman–Crippen LogP) is 3.35. The number of rotatable bonds is 8. The van der Waals surface area contributed by atoms with Gasteiger partial charge in [-0.25, -0.2) is 0 Å². The summed E-state index contributed by atoms with van der Waals surface area (Å²) in [7, 11) is 4.02. The van der Waals surface area contributed by atoms with E-state index < -0.39 is 6.10 Å². The number of hydrogen-bond acceptors (Lipinski definition) is 3. The molecule has 1 atom stereocenters. The third kappa shape index (κ3) is 6.24. The number of ether oxygens (including phenoxy) is 1. The molecule has 0 fully saturated rings. The maximum atomic E-state index is 12.9. The number of amides is 1. The van der Waals surface area contributed by atoms with Gasteiger partial charge in [0, 0.05) is 19.6 Å². The van der Waals surface area contributed by atoms with Crippen LogP contribution < -0.4 is 4.74 Å². The summed E-state index contributed by atoms with van der Waals surface area (Å²) < 4.78 is 5.85. The van der Waals surface area contributed by atoms with E-state index in [2.05, 4.69) is 4.90 Å². The Morgan fingerprint density at radius 3 is 2.24 bits per heavy atom. The third-order valence-electron chi connectivity index (χ3n) is 4.03. The van der Waals surface area contributed by atoms with Gasteiger partial charge < -0.3 is 14.5 Å². The van der Waals surface area contributed by atoms with Gasteiger partial charge in [0.2, 0.25) is 0 Å². The first kappa shape index (κ1) is 19.0. The van der Waals surface area contributed by atoms with Crippen molar-refractivity contribution in [2.45, 2.75) is 26.5 Å². The average molecular weight is 340 g/mol. The molecule has 0 heterocycles. The van der Waals surface area contributed by atoms with Gasteiger partial charge in [0.1, 0.15) is 5.75 Å². The molecule has 2 aromatic rings. The van der Waals surface area contributed by atoms with Gasteiger partial charge in [-0.05, 0) is 45.6 Å². The first-order valence-electron chi connectivity index (χ1n) is 8.66. The smallest absolute Gasteiger partial charge is 0.263 e. The summed E-state index contributed by atoms with van der Waals surface area (Å²) in [6.45, 7) is 5.92. The maximum absolute atomic E-state index is 12.9. The van der Waals surface area contributed by atoms with Gasteiger partial charge in [-0.15, -0.1) is 0 Å². The van der Waals surface area contributed by atoms with Gasteiger partial charge >= 0.3 is 0 Å². The standard InChI is InChI=1S/C21H28N2O2/c1-17-10-12-20(13-11-17)25-18(2)21(24)23(15-14-22(3)4)16-19-8-6-5-7-9-19/h5-13,18H,14-16H2,1-4H3. The lowest BCUT2D eigenvalue weighted by atomic mass is 10.2. The van der Waals surface area contributed by atoms with Crippen LogP contribution in [0.4, 0.5) is 0 Å². The third-order valence-corrected chi connectivity index (χ3v) is 4.03. The second kappa shape index (κ2) is 9.23. The minimum Gasteiger partial charge on any atom is -0.481 e. The molecular weight excluding hydrogens is 312 g/mol. The van der Waals surface area contributed by atoms with E-state index in [0.29, 0.717) is 13.1 Å². The number of nitrogens with zero attached hydrogens (tertiary/aromatic N) is 2. The Morgan fingerprint density at radius 2 is 1.64 bits per heavy atom. The van der Waals surface area contributed by atoms with Gasteiger partial charge in [-0.1, -0.05) is 48.0 Å². The van der Waals surface area contributed by atoms with Crippen molar-refractivity contribution in [1.29, 1.82) is 0 Å². The molecule has 0 spiro atoms. The predicted molar refractivity (Wildman–Crippen MR) is 102 cm³/mol. The van der Waals surface area contributed by atoms with Crippen LogP contribution in [0.25, 0.3) is 0 Å². The molecule has 1 amide bonds. The van der Waals surface area contributed by atoms with Crippen LogP contribution in [0, 0.1) is 6.92 Å². The molecule has 4 nitrogen and oxygen atoms in total. The van der Waals surface area contributed by atoms with Crippen LogP contribution in [0.1, 0.15) is 18.1 Å². The Morgan fingerprint density at radius 1 is 1.00 bits per heavy atom. The van der Waals surface area contributed by atoms with Crippen LogP contribution in [0.2, 0.25) is 0 Å². The summed E-state index contributed by atoms with van der Waals surface area (Å²) in [6.07, 6.45) is -0.520. The fraction of sp³-hybridized carbons (Fsp3) is 0.381. The van der Waals surface area contributed by atoms with Gasteiger partial charge in [0.05, 0.1) is 0 Å². The highest BCUT2D eigenvalue weighted by Crippen LogP contribution is 2.15. The van der Waals surface area contributed by atoms with E-state index in [1.807, 2.05) is 87.4 Å². The van der Waals surface area contributed by atoms with Crippen LogP contribution in [-0.2, 0) is 11.3 Å². The summed E-state index contributed by atoms with van der Waals surface area (Å²) in [6, 6.07) is 17.8. The molecule has 0 saturated heterocycles. The Bertz CT molecular complexity index is 653. The Labute approximate surface area is 151 Å². The van der Waals surface area contributed by atoms with Crippen LogP contribution in [0.5, 0.6) is 5.75 Å². The molecule has 0 saturated carbocycles. The molecule has 4 heteroatoms. The van der Waals surface area contributed by atoms with E-state index in [-0.39, 0.29) is 5.91 Å². The molecule has 0 aromatic heterocycles. The summed E-state index contributed by atoms with van der Waals surface area (Å²) in [4.78, 5) is 16.9. The van der Waals surface area contributed by atoms with E-state index in [0.717, 1.165) is 17.9 Å². The second-order valence-corrected chi connectivity index (χ2v) is 6.62. The number of carbonyl (C=O) groups excluding carboxylic acids is 1. The molecule has 1 unspecified atom stereocenters. The van der Waals surface area contributed by atoms with Gasteiger partial charge in [-0.2, -0.15) is 0 Å². The number of carbonyl (C=O) groups is 1. The highest BCUT2D eigenvalue weighted by molar-refractivity contribution is 5.81. The molecule has 0 aliphatic carbocycles. The van der Waals surface area contributed by atoms with E-state index in [1.54, 1.807) is 0 Å².